The lowest BCUT2D eigenvalue weighted by atomic mass is 10.3. The highest BCUT2D eigenvalue weighted by molar-refractivity contribution is 7.07. The van der Waals surface area contributed by atoms with Crippen molar-refractivity contribution in [1.82, 2.24) is 14.5 Å². The van der Waals surface area contributed by atoms with E-state index < -0.39 is 0 Å². The van der Waals surface area contributed by atoms with E-state index in [0.29, 0.717) is 18.1 Å². The van der Waals surface area contributed by atoms with Crippen LogP contribution in [0.25, 0.3) is 0 Å². The second-order valence-corrected chi connectivity index (χ2v) is 6.69. The second kappa shape index (κ2) is 6.72. The fraction of sp³-hybridized carbons (Fsp3) is 0.400. The zero-order valence-electron chi connectivity index (χ0n) is 12.7. The first kappa shape index (κ1) is 16.0. The maximum absolute atomic E-state index is 12.4. The van der Waals surface area contributed by atoms with Crippen LogP contribution in [-0.4, -0.2) is 46.5 Å². The Morgan fingerprint density at radius 1 is 1.30 bits per heavy atom. The Hall–Kier alpha value is -1.86. The number of nitrogens with zero attached hydrogens (tertiary/aromatic N) is 4. The third-order valence-electron chi connectivity index (χ3n) is 3.94. The average Bonchev–Trinajstić information content (AvgIpc) is 2.87. The molecule has 0 saturated carbocycles. The molecule has 3 heterocycles. The number of carbonyl (C=O) groups excluding carboxylic acids is 1. The van der Waals surface area contributed by atoms with Crippen LogP contribution in [0.2, 0.25) is 5.02 Å². The Labute approximate surface area is 142 Å². The Morgan fingerprint density at radius 3 is 2.61 bits per heavy atom. The highest BCUT2D eigenvalue weighted by Gasteiger charge is 2.22. The van der Waals surface area contributed by atoms with Crippen molar-refractivity contribution in [2.75, 3.05) is 31.1 Å². The molecule has 0 spiro atoms. The molecule has 1 amide bonds. The second-order valence-electron chi connectivity index (χ2n) is 5.43. The number of thiazole rings is 1. The first-order valence-electron chi connectivity index (χ1n) is 7.34. The molecule has 6 nitrogen and oxygen atoms in total. The minimum Gasteiger partial charge on any atom is -0.353 e. The number of aromatic nitrogens is 2. The number of amides is 1. The lowest BCUT2D eigenvalue weighted by molar-refractivity contribution is -0.132. The minimum atomic E-state index is -0.0835. The molecule has 3 rings (SSSR count). The molecule has 0 N–H and O–H groups in total. The molecular weight excluding hydrogens is 336 g/mol. The van der Waals surface area contributed by atoms with Crippen molar-refractivity contribution in [1.29, 1.82) is 0 Å². The summed E-state index contributed by atoms with van der Waals surface area (Å²) in [4.78, 5) is 32.2. The maximum Gasteiger partial charge on any atom is 0.307 e. The first-order valence-corrected chi connectivity index (χ1v) is 8.59. The number of halogens is 1. The average molecular weight is 353 g/mol. The normalized spacial score (nSPS) is 15.0. The Balaban J connectivity index is 1.59. The largest absolute Gasteiger partial charge is 0.353 e. The number of aryl methyl sites for hydroxylation is 1. The smallest absolute Gasteiger partial charge is 0.307 e. The van der Waals surface area contributed by atoms with E-state index in [0.717, 1.165) is 35.9 Å². The van der Waals surface area contributed by atoms with Gasteiger partial charge in [-0.15, -0.1) is 0 Å². The van der Waals surface area contributed by atoms with Crippen molar-refractivity contribution in [2.45, 2.75) is 13.5 Å². The summed E-state index contributed by atoms with van der Waals surface area (Å²) in [6.07, 6.45) is 1.63. The minimum absolute atomic E-state index is 0.0164. The molecule has 0 aromatic carbocycles. The molecule has 0 unspecified atom stereocenters. The summed E-state index contributed by atoms with van der Waals surface area (Å²) >= 11 is 6.98. The van der Waals surface area contributed by atoms with Gasteiger partial charge in [-0.05, 0) is 19.1 Å². The van der Waals surface area contributed by atoms with Crippen LogP contribution < -0.4 is 9.77 Å². The summed E-state index contributed by atoms with van der Waals surface area (Å²) in [6.45, 7) is 4.65. The summed E-state index contributed by atoms with van der Waals surface area (Å²) in [5.74, 6) is 0.851. The van der Waals surface area contributed by atoms with Gasteiger partial charge in [-0.1, -0.05) is 22.9 Å². The molecule has 0 bridgehead atoms. The Kier molecular flexibility index (Phi) is 4.68. The summed E-state index contributed by atoms with van der Waals surface area (Å²) in [5.41, 5.74) is 0.831. The molecule has 1 aliphatic heterocycles. The summed E-state index contributed by atoms with van der Waals surface area (Å²) in [7, 11) is 0. The highest BCUT2D eigenvalue weighted by atomic mass is 35.5. The molecule has 122 valence electrons. The lowest BCUT2D eigenvalue weighted by Crippen LogP contribution is -2.50. The zero-order chi connectivity index (χ0) is 16.4. The molecule has 23 heavy (non-hydrogen) atoms. The van der Waals surface area contributed by atoms with E-state index in [2.05, 4.69) is 9.88 Å². The molecule has 0 atom stereocenters. The Bertz CT molecular complexity index is 748. The molecule has 2 aromatic heterocycles. The predicted octanol–water partition coefficient (Wildman–Crippen LogP) is 1.62. The van der Waals surface area contributed by atoms with Crippen LogP contribution in [0.15, 0.2) is 28.5 Å². The number of hydrogen-bond acceptors (Lipinski definition) is 5. The van der Waals surface area contributed by atoms with Crippen molar-refractivity contribution >= 4 is 34.7 Å². The van der Waals surface area contributed by atoms with Crippen LogP contribution in [0.3, 0.4) is 0 Å². The van der Waals surface area contributed by atoms with E-state index in [1.54, 1.807) is 16.5 Å². The summed E-state index contributed by atoms with van der Waals surface area (Å²) in [5, 5.41) is 2.39. The van der Waals surface area contributed by atoms with Gasteiger partial charge in [0.1, 0.15) is 12.4 Å². The van der Waals surface area contributed by atoms with Crippen LogP contribution in [0.4, 0.5) is 5.82 Å². The number of anilines is 1. The van der Waals surface area contributed by atoms with E-state index in [1.807, 2.05) is 19.1 Å². The fourth-order valence-corrected chi connectivity index (χ4v) is 3.42. The van der Waals surface area contributed by atoms with Crippen LogP contribution in [0.1, 0.15) is 5.69 Å². The lowest BCUT2D eigenvalue weighted by Gasteiger charge is -2.35. The number of rotatable bonds is 3. The van der Waals surface area contributed by atoms with Crippen LogP contribution >= 0.6 is 22.9 Å². The van der Waals surface area contributed by atoms with Gasteiger partial charge in [0.25, 0.3) is 0 Å². The SMILES string of the molecule is Cc1csc(=O)n1CC(=O)N1CCN(c2ccc(Cl)cn2)CC1. The number of carbonyl (C=O) groups is 1. The molecule has 1 fully saturated rings. The van der Waals surface area contributed by atoms with Crippen molar-refractivity contribution in [2.24, 2.45) is 0 Å². The monoisotopic (exact) mass is 352 g/mol. The van der Waals surface area contributed by atoms with E-state index in [4.69, 9.17) is 11.6 Å². The molecule has 0 aliphatic carbocycles. The van der Waals surface area contributed by atoms with E-state index >= 15 is 0 Å². The zero-order valence-corrected chi connectivity index (χ0v) is 14.3. The molecule has 0 radical (unpaired) electrons. The highest BCUT2D eigenvalue weighted by Crippen LogP contribution is 2.16. The van der Waals surface area contributed by atoms with Gasteiger partial charge >= 0.3 is 4.87 Å². The van der Waals surface area contributed by atoms with E-state index in [1.165, 1.54) is 4.57 Å². The topological polar surface area (TPSA) is 58.4 Å². The van der Waals surface area contributed by atoms with Crippen LogP contribution in [0, 0.1) is 6.92 Å². The molecule has 2 aromatic rings. The van der Waals surface area contributed by atoms with E-state index in [9.17, 15) is 9.59 Å². The Morgan fingerprint density at radius 2 is 2.04 bits per heavy atom. The third kappa shape index (κ3) is 3.56. The number of piperazine rings is 1. The number of hydrogen-bond donors (Lipinski definition) is 0. The van der Waals surface area contributed by atoms with Gasteiger partial charge in [0.05, 0.1) is 5.02 Å². The van der Waals surface area contributed by atoms with Crippen molar-refractivity contribution in [3.05, 3.63) is 44.1 Å². The molecule has 1 saturated heterocycles. The van der Waals surface area contributed by atoms with Crippen molar-refractivity contribution in [3.8, 4) is 0 Å². The summed E-state index contributed by atoms with van der Waals surface area (Å²) in [6, 6.07) is 3.70. The number of pyridine rings is 1. The van der Waals surface area contributed by atoms with E-state index in [-0.39, 0.29) is 17.3 Å². The van der Waals surface area contributed by atoms with Gasteiger partial charge in [-0.2, -0.15) is 0 Å². The predicted molar refractivity (Wildman–Crippen MR) is 91.4 cm³/mol. The van der Waals surface area contributed by atoms with Gasteiger partial charge in [-0.3, -0.25) is 14.2 Å². The standard InChI is InChI=1S/C15H17ClN4O2S/c1-11-10-23-15(22)20(11)9-14(21)19-6-4-18(5-7-19)13-3-2-12(16)8-17-13/h2-3,8,10H,4-7,9H2,1H3. The van der Waals surface area contributed by atoms with Gasteiger partial charge in [0.2, 0.25) is 5.91 Å². The first-order chi connectivity index (χ1) is 11.0. The van der Waals surface area contributed by atoms with Crippen LogP contribution in [0.5, 0.6) is 0 Å². The maximum atomic E-state index is 12.4. The third-order valence-corrected chi connectivity index (χ3v) is 5.04. The summed E-state index contributed by atoms with van der Waals surface area (Å²) < 4.78 is 1.53. The molecule has 1 aliphatic rings. The van der Waals surface area contributed by atoms with Gasteiger partial charge in [0.15, 0.2) is 0 Å². The van der Waals surface area contributed by atoms with Crippen molar-refractivity contribution < 1.29 is 4.79 Å². The van der Waals surface area contributed by atoms with Gasteiger partial charge < -0.3 is 9.80 Å². The molecular formula is C15H17ClN4O2S. The molecule has 8 heteroatoms. The van der Waals surface area contributed by atoms with Crippen LogP contribution in [-0.2, 0) is 11.3 Å². The van der Waals surface area contributed by atoms with Gasteiger partial charge in [-0.25, -0.2) is 4.98 Å². The fourth-order valence-electron chi connectivity index (χ4n) is 2.57. The quantitative estimate of drug-likeness (QED) is 0.842. The van der Waals surface area contributed by atoms with Gasteiger partial charge in [0, 0.05) is 43.4 Å². The van der Waals surface area contributed by atoms with Crippen molar-refractivity contribution in [3.63, 3.8) is 0 Å².